The monoisotopic (exact) mass is 280 g/mol. The molecule has 2 nitrogen and oxygen atoms in total. The first-order chi connectivity index (χ1) is 9.67. The Hall–Kier alpha value is -0.0800. The molecule has 2 heteroatoms. The largest absolute Gasteiger partial charge is 0.316 e. The maximum Gasteiger partial charge on any atom is 0.00224 e. The van der Waals surface area contributed by atoms with Crippen molar-refractivity contribution in [3.63, 3.8) is 0 Å². The second-order valence-corrected chi connectivity index (χ2v) is 7.76. The van der Waals surface area contributed by atoms with Crippen molar-refractivity contribution in [1.82, 2.24) is 10.2 Å². The topological polar surface area (TPSA) is 15.3 Å². The van der Waals surface area contributed by atoms with E-state index in [0.717, 1.165) is 23.7 Å². The summed E-state index contributed by atoms with van der Waals surface area (Å²) in [6.07, 6.45) is 8.79. The van der Waals surface area contributed by atoms with Gasteiger partial charge in [0.1, 0.15) is 0 Å². The Labute approximate surface area is 126 Å². The van der Waals surface area contributed by atoms with Gasteiger partial charge in [0.25, 0.3) is 0 Å². The average molecular weight is 281 g/mol. The Balaban J connectivity index is 1.59. The first kappa shape index (κ1) is 16.3. The standard InChI is InChI=1S/C18H36N2/c1-4-16-5-7-17(8-6-16)13-20-10-9-18(14-20)12-19-11-15(2)3/h15-19H,4-14H2,1-3H3. The molecule has 0 amide bonds. The third-order valence-electron chi connectivity index (χ3n) is 5.42. The van der Waals surface area contributed by atoms with Crippen LogP contribution in [0.25, 0.3) is 0 Å². The van der Waals surface area contributed by atoms with Gasteiger partial charge in [0.15, 0.2) is 0 Å². The molecular formula is C18H36N2. The van der Waals surface area contributed by atoms with E-state index in [9.17, 15) is 0 Å². The lowest BCUT2D eigenvalue weighted by molar-refractivity contribution is 0.197. The molecule has 0 spiro atoms. The van der Waals surface area contributed by atoms with Crippen molar-refractivity contribution < 1.29 is 0 Å². The minimum absolute atomic E-state index is 0.779. The molecule has 0 aromatic carbocycles. The van der Waals surface area contributed by atoms with Gasteiger partial charge in [0, 0.05) is 13.1 Å². The molecule has 1 saturated carbocycles. The van der Waals surface area contributed by atoms with Crippen LogP contribution in [0, 0.1) is 23.7 Å². The molecule has 0 aromatic heterocycles. The zero-order valence-corrected chi connectivity index (χ0v) is 14.0. The van der Waals surface area contributed by atoms with Crippen LogP contribution in [-0.2, 0) is 0 Å². The minimum Gasteiger partial charge on any atom is -0.316 e. The van der Waals surface area contributed by atoms with Crippen LogP contribution < -0.4 is 5.32 Å². The van der Waals surface area contributed by atoms with E-state index in [1.165, 1.54) is 71.2 Å². The molecule has 1 atom stereocenters. The number of nitrogens with one attached hydrogen (secondary N) is 1. The van der Waals surface area contributed by atoms with Crippen molar-refractivity contribution in [1.29, 1.82) is 0 Å². The summed E-state index contributed by atoms with van der Waals surface area (Å²) in [6.45, 7) is 13.4. The molecule has 1 aliphatic carbocycles. The van der Waals surface area contributed by atoms with Gasteiger partial charge in [-0.05, 0) is 62.6 Å². The van der Waals surface area contributed by atoms with Gasteiger partial charge in [-0.15, -0.1) is 0 Å². The SMILES string of the molecule is CCC1CCC(CN2CCC(CNCC(C)C)C2)CC1. The first-order valence-electron chi connectivity index (χ1n) is 9.10. The van der Waals surface area contributed by atoms with Crippen molar-refractivity contribution >= 4 is 0 Å². The fourth-order valence-electron chi connectivity index (χ4n) is 4.01. The lowest BCUT2D eigenvalue weighted by Gasteiger charge is -2.30. The van der Waals surface area contributed by atoms with Crippen molar-refractivity contribution in [2.75, 3.05) is 32.7 Å². The van der Waals surface area contributed by atoms with Gasteiger partial charge < -0.3 is 10.2 Å². The molecule has 1 unspecified atom stereocenters. The fourth-order valence-corrected chi connectivity index (χ4v) is 4.01. The summed E-state index contributed by atoms with van der Waals surface area (Å²) in [5, 5.41) is 3.64. The van der Waals surface area contributed by atoms with Crippen molar-refractivity contribution in [3.05, 3.63) is 0 Å². The van der Waals surface area contributed by atoms with Gasteiger partial charge in [0.05, 0.1) is 0 Å². The van der Waals surface area contributed by atoms with E-state index in [1.54, 1.807) is 0 Å². The maximum atomic E-state index is 3.64. The molecule has 2 rings (SSSR count). The highest BCUT2D eigenvalue weighted by atomic mass is 15.2. The number of nitrogens with zero attached hydrogens (tertiary/aromatic N) is 1. The second kappa shape index (κ2) is 8.38. The van der Waals surface area contributed by atoms with Gasteiger partial charge in [-0.2, -0.15) is 0 Å². The third-order valence-corrected chi connectivity index (χ3v) is 5.42. The summed E-state index contributed by atoms with van der Waals surface area (Å²) in [5.74, 6) is 3.72. The highest BCUT2D eigenvalue weighted by Gasteiger charge is 2.26. The van der Waals surface area contributed by atoms with Gasteiger partial charge >= 0.3 is 0 Å². The van der Waals surface area contributed by atoms with Crippen LogP contribution in [0.15, 0.2) is 0 Å². The summed E-state index contributed by atoms with van der Waals surface area (Å²) in [5.41, 5.74) is 0. The van der Waals surface area contributed by atoms with Crippen LogP contribution >= 0.6 is 0 Å². The Bertz CT molecular complexity index is 256. The van der Waals surface area contributed by atoms with Gasteiger partial charge in [-0.25, -0.2) is 0 Å². The van der Waals surface area contributed by atoms with Crippen LogP contribution in [0.1, 0.15) is 59.3 Å². The summed E-state index contributed by atoms with van der Waals surface area (Å²) in [6, 6.07) is 0. The Kier molecular flexibility index (Phi) is 6.83. The molecule has 1 heterocycles. The molecule has 0 aromatic rings. The van der Waals surface area contributed by atoms with E-state index in [-0.39, 0.29) is 0 Å². The molecule has 2 fully saturated rings. The third kappa shape index (κ3) is 5.37. The fraction of sp³-hybridized carbons (Fsp3) is 1.00. The molecule has 20 heavy (non-hydrogen) atoms. The van der Waals surface area contributed by atoms with E-state index in [1.807, 2.05) is 0 Å². The number of likely N-dealkylation sites (tertiary alicyclic amines) is 1. The predicted octanol–water partition coefficient (Wildman–Crippen LogP) is 3.77. The lowest BCUT2D eigenvalue weighted by Crippen LogP contribution is -2.32. The molecule has 0 radical (unpaired) electrons. The normalized spacial score (nSPS) is 32.1. The molecule has 1 aliphatic heterocycles. The highest BCUT2D eigenvalue weighted by molar-refractivity contribution is 4.81. The van der Waals surface area contributed by atoms with Crippen molar-refractivity contribution in [2.45, 2.75) is 59.3 Å². The van der Waals surface area contributed by atoms with Crippen molar-refractivity contribution in [3.8, 4) is 0 Å². The first-order valence-corrected chi connectivity index (χ1v) is 9.10. The average Bonchev–Trinajstić information content (AvgIpc) is 2.87. The van der Waals surface area contributed by atoms with E-state index >= 15 is 0 Å². The summed E-state index contributed by atoms with van der Waals surface area (Å²) >= 11 is 0. The van der Waals surface area contributed by atoms with Crippen LogP contribution in [0.2, 0.25) is 0 Å². The van der Waals surface area contributed by atoms with Gasteiger partial charge in [-0.1, -0.05) is 40.0 Å². The van der Waals surface area contributed by atoms with Crippen molar-refractivity contribution in [2.24, 2.45) is 23.7 Å². The second-order valence-electron chi connectivity index (χ2n) is 7.76. The van der Waals surface area contributed by atoms with E-state index in [2.05, 4.69) is 31.0 Å². The molecule has 0 bridgehead atoms. The lowest BCUT2D eigenvalue weighted by atomic mass is 9.81. The predicted molar refractivity (Wildman–Crippen MR) is 88.0 cm³/mol. The Morgan fingerprint density at radius 1 is 1.00 bits per heavy atom. The molecule has 2 aliphatic rings. The summed E-state index contributed by atoms with van der Waals surface area (Å²) in [7, 11) is 0. The quantitative estimate of drug-likeness (QED) is 0.763. The number of hydrogen-bond donors (Lipinski definition) is 1. The van der Waals surface area contributed by atoms with E-state index in [4.69, 9.17) is 0 Å². The van der Waals surface area contributed by atoms with Crippen LogP contribution in [0.4, 0.5) is 0 Å². The zero-order chi connectivity index (χ0) is 14.4. The smallest absolute Gasteiger partial charge is 0.00224 e. The highest BCUT2D eigenvalue weighted by Crippen LogP contribution is 2.31. The Morgan fingerprint density at radius 2 is 1.70 bits per heavy atom. The summed E-state index contributed by atoms with van der Waals surface area (Å²) < 4.78 is 0. The molecule has 1 saturated heterocycles. The Morgan fingerprint density at radius 3 is 2.35 bits per heavy atom. The van der Waals surface area contributed by atoms with Gasteiger partial charge in [-0.3, -0.25) is 0 Å². The zero-order valence-electron chi connectivity index (χ0n) is 14.0. The summed E-state index contributed by atoms with van der Waals surface area (Å²) in [4.78, 5) is 2.75. The molecule has 1 N–H and O–H groups in total. The maximum absolute atomic E-state index is 3.64. The molecule has 118 valence electrons. The van der Waals surface area contributed by atoms with Crippen LogP contribution in [0.3, 0.4) is 0 Å². The van der Waals surface area contributed by atoms with E-state index in [0.29, 0.717) is 0 Å². The number of rotatable bonds is 7. The molecular weight excluding hydrogens is 244 g/mol. The minimum atomic E-state index is 0.779. The van der Waals surface area contributed by atoms with E-state index < -0.39 is 0 Å². The van der Waals surface area contributed by atoms with Crippen LogP contribution in [-0.4, -0.2) is 37.6 Å². The van der Waals surface area contributed by atoms with Crippen LogP contribution in [0.5, 0.6) is 0 Å². The number of hydrogen-bond acceptors (Lipinski definition) is 2. The van der Waals surface area contributed by atoms with Gasteiger partial charge in [0.2, 0.25) is 0 Å².